The molecule has 1 aliphatic heterocycles. The number of hydrogen-bond donors (Lipinski definition) is 2. The minimum Gasteiger partial charge on any atom is -0.351 e. The molecular formula is C11H17N5O. The second-order valence-electron chi connectivity index (χ2n) is 4.17. The number of carbonyl (C=O) groups excluding carboxylic acids is 1. The Balaban J connectivity index is 2.00. The first-order chi connectivity index (χ1) is 8.18. The second-order valence-corrected chi connectivity index (χ2v) is 4.17. The van der Waals surface area contributed by atoms with E-state index in [2.05, 4.69) is 15.6 Å². The number of aromatic nitrogens is 1. The number of hydrogen-bond acceptors (Lipinski definition) is 4. The minimum absolute atomic E-state index is 0.115. The summed E-state index contributed by atoms with van der Waals surface area (Å²) in [6, 6.07) is 1.76. The van der Waals surface area contributed by atoms with Crippen molar-refractivity contribution >= 4 is 18.1 Å². The van der Waals surface area contributed by atoms with Crippen LogP contribution < -0.4 is 10.6 Å². The van der Waals surface area contributed by atoms with E-state index >= 15 is 0 Å². The number of anilines is 1. The molecule has 1 aliphatic rings. The Hall–Kier alpha value is -1.82. The molecule has 92 valence electrons. The van der Waals surface area contributed by atoms with Gasteiger partial charge in [0, 0.05) is 31.1 Å². The molecule has 0 atom stereocenters. The molecule has 0 unspecified atom stereocenters. The van der Waals surface area contributed by atoms with Crippen LogP contribution in [-0.4, -0.2) is 55.6 Å². The lowest BCUT2D eigenvalue weighted by Gasteiger charge is -2.14. The van der Waals surface area contributed by atoms with Crippen molar-refractivity contribution in [2.45, 2.75) is 0 Å². The Kier molecular flexibility index (Phi) is 3.43. The van der Waals surface area contributed by atoms with E-state index in [1.54, 1.807) is 17.0 Å². The fraction of sp³-hybridized carbons (Fsp3) is 0.455. The lowest BCUT2D eigenvalue weighted by molar-refractivity contribution is 0.241. The first-order valence-electron chi connectivity index (χ1n) is 5.56. The van der Waals surface area contributed by atoms with Crippen molar-refractivity contribution < 1.29 is 4.79 Å². The average Bonchev–Trinajstić information content (AvgIpc) is 2.72. The van der Waals surface area contributed by atoms with E-state index in [0.29, 0.717) is 13.2 Å². The molecule has 2 N–H and O–H groups in total. The smallest absolute Gasteiger partial charge is 0.327 e. The van der Waals surface area contributed by atoms with Crippen molar-refractivity contribution in [3.63, 3.8) is 0 Å². The fourth-order valence-electron chi connectivity index (χ4n) is 1.64. The predicted octanol–water partition coefficient (Wildman–Crippen LogP) is 0.409. The van der Waals surface area contributed by atoms with Gasteiger partial charge >= 0.3 is 6.03 Å². The normalized spacial score (nSPS) is 13.4. The van der Waals surface area contributed by atoms with Crippen LogP contribution in [0.3, 0.4) is 0 Å². The highest BCUT2D eigenvalue weighted by molar-refractivity contribution is 5.93. The second kappa shape index (κ2) is 5.01. The van der Waals surface area contributed by atoms with Gasteiger partial charge in [0.05, 0.1) is 0 Å². The van der Waals surface area contributed by atoms with Crippen LogP contribution >= 0.6 is 0 Å². The van der Waals surface area contributed by atoms with Gasteiger partial charge in [0.2, 0.25) is 0 Å². The molecule has 17 heavy (non-hydrogen) atoms. The molecule has 2 rings (SSSR count). The van der Waals surface area contributed by atoms with Crippen LogP contribution in [0.15, 0.2) is 17.3 Å². The van der Waals surface area contributed by atoms with E-state index in [-0.39, 0.29) is 6.03 Å². The van der Waals surface area contributed by atoms with E-state index in [0.717, 1.165) is 17.9 Å². The number of likely N-dealkylation sites (N-methyl/N-ethyl adjacent to an activating group) is 1. The average molecular weight is 235 g/mol. The molecule has 1 amide bonds. The Bertz CT molecular complexity index is 435. The molecule has 1 aromatic heterocycles. The maximum Gasteiger partial charge on any atom is 0.327 e. The molecule has 0 saturated heterocycles. The van der Waals surface area contributed by atoms with Gasteiger partial charge in [-0.15, -0.1) is 0 Å². The van der Waals surface area contributed by atoms with Crippen LogP contribution in [0, 0.1) is 0 Å². The molecule has 0 fully saturated rings. The van der Waals surface area contributed by atoms with Gasteiger partial charge in [0.25, 0.3) is 0 Å². The summed E-state index contributed by atoms with van der Waals surface area (Å²) in [7, 11) is 3.95. The van der Waals surface area contributed by atoms with E-state index < -0.39 is 0 Å². The first-order valence-corrected chi connectivity index (χ1v) is 5.56. The Morgan fingerprint density at radius 1 is 1.65 bits per heavy atom. The Labute approximate surface area is 100 Å². The third-order valence-corrected chi connectivity index (χ3v) is 2.54. The summed E-state index contributed by atoms with van der Waals surface area (Å²) < 4.78 is 1.58. The van der Waals surface area contributed by atoms with Crippen LogP contribution in [0.25, 0.3) is 0 Å². The lowest BCUT2D eigenvalue weighted by atomic mass is 10.3. The Morgan fingerprint density at radius 2 is 2.47 bits per heavy atom. The van der Waals surface area contributed by atoms with E-state index in [4.69, 9.17) is 0 Å². The SMILES string of the molecule is CN(C)CCNC(=O)n1ccc2c1NCN=C2. The molecule has 0 aromatic carbocycles. The molecule has 0 aliphatic carbocycles. The summed E-state index contributed by atoms with van der Waals surface area (Å²) in [5, 5.41) is 5.95. The van der Waals surface area contributed by atoms with Crippen molar-refractivity contribution in [3.05, 3.63) is 17.8 Å². The number of aliphatic imine (C=N–C) groups is 1. The standard InChI is InChI=1S/C11H17N5O/c1-15(2)6-4-13-11(17)16-5-3-9-7-12-8-14-10(9)16/h3,5,7,14H,4,6,8H2,1-2H3,(H,13,17). The van der Waals surface area contributed by atoms with Crippen LogP contribution in [-0.2, 0) is 0 Å². The van der Waals surface area contributed by atoms with Crippen LogP contribution in [0.5, 0.6) is 0 Å². The van der Waals surface area contributed by atoms with E-state index in [9.17, 15) is 4.79 Å². The maximum absolute atomic E-state index is 11.9. The fourth-order valence-corrected chi connectivity index (χ4v) is 1.64. The van der Waals surface area contributed by atoms with Gasteiger partial charge in [0.15, 0.2) is 0 Å². The van der Waals surface area contributed by atoms with Gasteiger partial charge in [0.1, 0.15) is 12.5 Å². The number of nitrogens with zero attached hydrogens (tertiary/aromatic N) is 3. The molecule has 0 saturated carbocycles. The third-order valence-electron chi connectivity index (χ3n) is 2.54. The van der Waals surface area contributed by atoms with Gasteiger partial charge < -0.3 is 15.5 Å². The van der Waals surface area contributed by atoms with Crippen molar-refractivity contribution in [2.75, 3.05) is 39.2 Å². The topological polar surface area (TPSA) is 61.7 Å². The molecule has 6 heteroatoms. The molecule has 2 heterocycles. The quantitative estimate of drug-likeness (QED) is 0.797. The summed E-state index contributed by atoms with van der Waals surface area (Å²) >= 11 is 0. The zero-order valence-electron chi connectivity index (χ0n) is 10.1. The molecule has 0 bridgehead atoms. The molecule has 6 nitrogen and oxygen atoms in total. The van der Waals surface area contributed by atoms with E-state index in [1.807, 2.05) is 25.1 Å². The largest absolute Gasteiger partial charge is 0.351 e. The van der Waals surface area contributed by atoms with Gasteiger partial charge in [-0.25, -0.2) is 4.79 Å². The van der Waals surface area contributed by atoms with Gasteiger partial charge in [-0.2, -0.15) is 0 Å². The number of amides is 1. The van der Waals surface area contributed by atoms with Crippen molar-refractivity contribution in [3.8, 4) is 0 Å². The molecular weight excluding hydrogens is 218 g/mol. The number of rotatable bonds is 3. The van der Waals surface area contributed by atoms with Gasteiger partial charge in [-0.3, -0.25) is 9.56 Å². The molecule has 0 spiro atoms. The van der Waals surface area contributed by atoms with Gasteiger partial charge in [-0.1, -0.05) is 0 Å². The minimum atomic E-state index is -0.115. The maximum atomic E-state index is 11.9. The monoisotopic (exact) mass is 235 g/mol. The summed E-state index contributed by atoms with van der Waals surface area (Å²) in [5.74, 6) is 0.808. The third kappa shape index (κ3) is 2.65. The highest BCUT2D eigenvalue weighted by Gasteiger charge is 2.14. The van der Waals surface area contributed by atoms with Crippen molar-refractivity contribution in [1.29, 1.82) is 0 Å². The summed E-state index contributed by atoms with van der Waals surface area (Å²) in [6.45, 7) is 1.97. The van der Waals surface area contributed by atoms with Crippen molar-refractivity contribution in [1.82, 2.24) is 14.8 Å². The number of fused-ring (bicyclic) bond motifs is 1. The summed E-state index contributed by atoms with van der Waals surface area (Å²) in [5.41, 5.74) is 0.944. The highest BCUT2D eigenvalue weighted by atomic mass is 16.2. The molecule has 1 aromatic rings. The van der Waals surface area contributed by atoms with Crippen LogP contribution in [0.1, 0.15) is 5.56 Å². The van der Waals surface area contributed by atoms with E-state index in [1.165, 1.54) is 0 Å². The van der Waals surface area contributed by atoms with Gasteiger partial charge in [-0.05, 0) is 20.2 Å². The lowest BCUT2D eigenvalue weighted by Crippen LogP contribution is -2.34. The Morgan fingerprint density at radius 3 is 3.24 bits per heavy atom. The number of nitrogens with one attached hydrogen (secondary N) is 2. The molecule has 0 radical (unpaired) electrons. The first kappa shape index (κ1) is 11.7. The summed E-state index contributed by atoms with van der Waals surface area (Å²) in [4.78, 5) is 18.0. The zero-order valence-corrected chi connectivity index (χ0v) is 10.1. The number of carbonyl (C=O) groups is 1. The predicted molar refractivity (Wildman–Crippen MR) is 67.9 cm³/mol. The summed E-state index contributed by atoms with van der Waals surface area (Å²) in [6.07, 6.45) is 3.52. The van der Waals surface area contributed by atoms with Crippen LogP contribution in [0.4, 0.5) is 10.6 Å². The van der Waals surface area contributed by atoms with Crippen molar-refractivity contribution in [2.24, 2.45) is 4.99 Å². The highest BCUT2D eigenvalue weighted by Crippen LogP contribution is 2.17. The zero-order chi connectivity index (χ0) is 12.3. The van der Waals surface area contributed by atoms with Crippen LogP contribution in [0.2, 0.25) is 0 Å².